The quantitative estimate of drug-likeness (QED) is 0.410. The Balaban J connectivity index is 3.91. The first-order valence-electron chi connectivity index (χ1n) is 4.37. The molecule has 0 heterocycles. The van der Waals surface area contributed by atoms with Gasteiger partial charge in [-0.15, -0.1) is 0 Å². The van der Waals surface area contributed by atoms with E-state index in [1.165, 1.54) is 0 Å². The molecule has 82 valence electrons. The maximum Gasteiger partial charge on any atom is 0.248 e. The Bertz CT molecular complexity index is 218. The minimum Gasteiger partial charge on any atom is -0.381 e. The van der Waals surface area contributed by atoms with Crippen molar-refractivity contribution in [1.82, 2.24) is 5.32 Å². The number of aliphatic hydroxyl groups excluding tert-OH is 1. The Morgan fingerprint density at radius 3 is 2.29 bits per heavy atom. The largest absolute Gasteiger partial charge is 0.381 e. The second-order valence-corrected chi connectivity index (χ2v) is 3.43. The number of amides is 2. The third-order valence-electron chi connectivity index (χ3n) is 1.82. The van der Waals surface area contributed by atoms with E-state index in [4.69, 9.17) is 16.6 Å². The molecule has 0 aliphatic heterocycles. The van der Waals surface area contributed by atoms with Crippen LogP contribution in [0.2, 0.25) is 0 Å². The number of hydrogen-bond acceptors (Lipinski definition) is 4. The van der Waals surface area contributed by atoms with Gasteiger partial charge in [-0.3, -0.25) is 9.59 Å². The van der Waals surface area contributed by atoms with E-state index in [0.29, 0.717) is 0 Å². The zero-order valence-corrected chi connectivity index (χ0v) is 8.36. The summed E-state index contributed by atoms with van der Waals surface area (Å²) in [5.41, 5.74) is 10.3. The van der Waals surface area contributed by atoms with Gasteiger partial charge < -0.3 is 21.9 Å². The first-order chi connectivity index (χ1) is 6.36. The van der Waals surface area contributed by atoms with Crippen LogP contribution in [0.4, 0.5) is 0 Å². The Hall–Kier alpha value is -1.14. The third-order valence-corrected chi connectivity index (χ3v) is 1.82. The third kappa shape index (κ3) is 4.20. The standard InChI is InChI=1S/C8H17N3O3/c1-4(2)6(9)8(14)11-3-5(12)7(10)13/h4-6,12H,3,9H2,1-2H3,(H2,10,13)(H,11,14)/t5?,6-/m0/s1. The number of rotatable bonds is 5. The summed E-state index contributed by atoms with van der Waals surface area (Å²) in [7, 11) is 0. The maximum absolute atomic E-state index is 11.2. The highest BCUT2D eigenvalue weighted by molar-refractivity contribution is 5.83. The van der Waals surface area contributed by atoms with Crippen molar-refractivity contribution in [2.24, 2.45) is 17.4 Å². The summed E-state index contributed by atoms with van der Waals surface area (Å²) in [5, 5.41) is 11.3. The average molecular weight is 203 g/mol. The molecule has 0 saturated heterocycles. The smallest absolute Gasteiger partial charge is 0.248 e. The summed E-state index contributed by atoms with van der Waals surface area (Å²) in [5.74, 6) is -1.27. The van der Waals surface area contributed by atoms with Gasteiger partial charge in [-0.05, 0) is 5.92 Å². The molecular formula is C8H17N3O3. The van der Waals surface area contributed by atoms with Gasteiger partial charge in [-0.2, -0.15) is 0 Å². The van der Waals surface area contributed by atoms with E-state index in [-0.39, 0.29) is 12.5 Å². The molecule has 0 aromatic rings. The molecule has 2 amide bonds. The lowest BCUT2D eigenvalue weighted by Gasteiger charge is -2.16. The van der Waals surface area contributed by atoms with Crippen LogP contribution in [0.5, 0.6) is 0 Å². The van der Waals surface area contributed by atoms with Crippen LogP contribution >= 0.6 is 0 Å². The molecule has 0 rings (SSSR count). The number of carbonyl (C=O) groups is 2. The normalized spacial score (nSPS) is 14.9. The van der Waals surface area contributed by atoms with Gasteiger partial charge in [0.15, 0.2) is 0 Å². The summed E-state index contributed by atoms with van der Waals surface area (Å²) in [6.45, 7) is 3.40. The van der Waals surface area contributed by atoms with Crippen LogP contribution in [0.25, 0.3) is 0 Å². The second kappa shape index (κ2) is 5.56. The summed E-state index contributed by atoms with van der Waals surface area (Å²) < 4.78 is 0. The molecule has 0 aromatic heterocycles. The van der Waals surface area contributed by atoms with E-state index in [9.17, 15) is 9.59 Å². The molecular weight excluding hydrogens is 186 g/mol. The molecule has 6 nitrogen and oxygen atoms in total. The van der Waals surface area contributed by atoms with Gasteiger partial charge >= 0.3 is 0 Å². The number of carbonyl (C=O) groups excluding carboxylic acids is 2. The number of hydrogen-bond donors (Lipinski definition) is 4. The van der Waals surface area contributed by atoms with Crippen LogP contribution in [0, 0.1) is 5.92 Å². The lowest BCUT2D eigenvalue weighted by molar-refractivity contribution is -0.127. The Morgan fingerprint density at radius 1 is 1.43 bits per heavy atom. The molecule has 1 unspecified atom stereocenters. The van der Waals surface area contributed by atoms with E-state index < -0.39 is 24.0 Å². The van der Waals surface area contributed by atoms with Crippen molar-refractivity contribution in [3.05, 3.63) is 0 Å². The van der Waals surface area contributed by atoms with E-state index in [2.05, 4.69) is 5.32 Å². The first-order valence-corrected chi connectivity index (χ1v) is 4.37. The summed E-state index contributed by atoms with van der Waals surface area (Å²) in [6.07, 6.45) is -1.36. The van der Waals surface area contributed by atoms with Crippen LogP contribution in [-0.2, 0) is 9.59 Å². The summed E-state index contributed by atoms with van der Waals surface area (Å²) in [4.78, 5) is 21.6. The van der Waals surface area contributed by atoms with Crippen molar-refractivity contribution < 1.29 is 14.7 Å². The van der Waals surface area contributed by atoms with Crippen molar-refractivity contribution in [3.8, 4) is 0 Å². The van der Waals surface area contributed by atoms with Gasteiger partial charge in [-0.25, -0.2) is 0 Å². The van der Waals surface area contributed by atoms with Gasteiger partial charge in [0.2, 0.25) is 11.8 Å². The average Bonchev–Trinajstić information content (AvgIpc) is 2.11. The van der Waals surface area contributed by atoms with Crippen LogP contribution < -0.4 is 16.8 Å². The summed E-state index contributed by atoms with van der Waals surface area (Å²) >= 11 is 0. The SMILES string of the molecule is CC(C)[C@H](N)C(=O)NCC(O)C(N)=O. The second-order valence-electron chi connectivity index (χ2n) is 3.43. The summed E-state index contributed by atoms with van der Waals surface area (Å²) in [6, 6.07) is -0.643. The molecule has 0 aliphatic rings. The first kappa shape index (κ1) is 12.9. The van der Waals surface area contributed by atoms with E-state index in [1.807, 2.05) is 0 Å². The maximum atomic E-state index is 11.2. The fourth-order valence-electron chi connectivity index (χ4n) is 0.718. The van der Waals surface area contributed by atoms with E-state index in [0.717, 1.165) is 0 Å². The zero-order valence-electron chi connectivity index (χ0n) is 8.36. The Morgan fingerprint density at radius 2 is 1.93 bits per heavy atom. The molecule has 6 heteroatoms. The molecule has 2 atom stereocenters. The lowest BCUT2D eigenvalue weighted by atomic mass is 10.1. The topological polar surface area (TPSA) is 118 Å². The van der Waals surface area contributed by atoms with Crippen LogP contribution in [-0.4, -0.2) is 35.6 Å². The lowest BCUT2D eigenvalue weighted by Crippen LogP contribution is -2.48. The fraction of sp³-hybridized carbons (Fsp3) is 0.750. The molecule has 0 aliphatic carbocycles. The molecule has 6 N–H and O–H groups in total. The van der Waals surface area contributed by atoms with Gasteiger partial charge in [0.25, 0.3) is 0 Å². The number of primary amides is 1. The highest BCUT2D eigenvalue weighted by Gasteiger charge is 2.19. The molecule has 0 aromatic carbocycles. The van der Waals surface area contributed by atoms with E-state index >= 15 is 0 Å². The predicted molar refractivity (Wildman–Crippen MR) is 51.0 cm³/mol. The van der Waals surface area contributed by atoms with Crippen molar-refractivity contribution >= 4 is 11.8 Å². The van der Waals surface area contributed by atoms with Crippen LogP contribution in [0.15, 0.2) is 0 Å². The van der Waals surface area contributed by atoms with Crippen LogP contribution in [0.1, 0.15) is 13.8 Å². The van der Waals surface area contributed by atoms with Gasteiger partial charge in [-0.1, -0.05) is 13.8 Å². The van der Waals surface area contributed by atoms with Gasteiger partial charge in [0, 0.05) is 0 Å². The number of nitrogens with two attached hydrogens (primary N) is 2. The molecule has 0 radical (unpaired) electrons. The molecule has 0 spiro atoms. The number of aliphatic hydroxyl groups is 1. The van der Waals surface area contributed by atoms with Gasteiger partial charge in [0.05, 0.1) is 12.6 Å². The monoisotopic (exact) mass is 203 g/mol. The molecule has 0 saturated carbocycles. The highest BCUT2D eigenvalue weighted by atomic mass is 16.3. The van der Waals surface area contributed by atoms with Crippen LogP contribution in [0.3, 0.4) is 0 Å². The minimum atomic E-state index is -1.36. The van der Waals surface area contributed by atoms with E-state index in [1.54, 1.807) is 13.8 Å². The Kier molecular flexibility index (Phi) is 5.11. The predicted octanol–water partition coefficient (Wildman–Crippen LogP) is -2.07. The Labute approximate surface area is 82.6 Å². The van der Waals surface area contributed by atoms with Crippen molar-refractivity contribution in [2.45, 2.75) is 26.0 Å². The molecule has 0 bridgehead atoms. The number of nitrogens with one attached hydrogen (secondary N) is 1. The van der Waals surface area contributed by atoms with Crippen molar-refractivity contribution in [2.75, 3.05) is 6.54 Å². The highest BCUT2D eigenvalue weighted by Crippen LogP contribution is 1.97. The van der Waals surface area contributed by atoms with Gasteiger partial charge in [0.1, 0.15) is 6.10 Å². The van der Waals surface area contributed by atoms with Crippen molar-refractivity contribution in [1.29, 1.82) is 0 Å². The zero-order chi connectivity index (χ0) is 11.3. The molecule has 0 fully saturated rings. The molecule has 14 heavy (non-hydrogen) atoms. The minimum absolute atomic E-state index is 0.000668. The fourth-order valence-corrected chi connectivity index (χ4v) is 0.718. The van der Waals surface area contributed by atoms with Crippen molar-refractivity contribution in [3.63, 3.8) is 0 Å².